The fourth-order valence-electron chi connectivity index (χ4n) is 2.24. The van der Waals surface area contributed by atoms with Gasteiger partial charge in [0.05, 0.1) is 0 Å². The van der Waals surface area contributed by atoms with Crippen LogP contribution in [0.1, 0.15) is 40.0 Å². The molecule has 1 aliphatic rings. The van der Waals surface area contributed by atoms with E-state index in [9.17, 15) is 0 Å². The van der Waals surface area contributed by atoms with Crippen LogP contribution in [-0.4, -0.2) is 38.7 Å². The van der Waals surface area contributed by atoms with E-state index < -0.39 is 8.32 Å². The average Bonchev–Trinajstić information content (AvgIpc) is 2.12. The fourth-order valence-corrected chi connectivity index (χ4v) is 3.59. The summed E-state index contributed by atoms with van der Waals surface area (Å²) in [6.45, 7) is 11.7. The van der Waals surface area contributed by atoms with Crippen LogP contribution in [-0.2, 0) is 4.43 Å². The Morgan fingerprint density at radius 1 is 1.35 bits per heavy atom. The number of nitrogens with one attached hydrogen (secondary N) is 1. The monoisotopic (exact) mass is 259 g/mol. The molecule has 1 saturated carbocycles. The minimum absolute atomic E-state index is 0.127. The summed E-state index contributed by atoms with van der Waals surface area (Å²) in [7, 11) is 0.358. The third-order valence-corrected chi connectivity index (χ3v) is 9.16. The van der Waals surface area contributed by atoms with Crippen LogP contribution < -0.4 is 5.32 Å². The molecule has 0 aliphatic heterocycles. The lowest BCUT2D eigenvalue weighted by Crippen LogP contribution is -2.60. The molecule has 1 fully saturated rings. The largest absolute Gasteiger partial charge is 0.414 e. The third kappa shape index (κ3) is 3.31. The third-order valence-electron chi connectivity index (χ3n) is 4.62. The van der Waals surface area contributed by atoms with Crippen molar-refractivity contribution >= 4 is 8.32 Å². The maximum Gasteiger partial charge on any atom is 0.192 e. The summed E-state index contributed by atoms with van der Waals surface area (Å²) in [6, 6.07) is 0. The molecular formula is C13H29NO2Si. The molecule has 0 bridgehead atoms. The molecule has 0 aromatic rings. The Labute approximate surface area is 107 Å². The van der Waals surface area contributed by atoms with Gasteiger partial charge < -0.3 is 14.8 Å². The van der Waals surface area contributed by atoms with Crippen molar-refractivity contribution in [3.63, 3.8) is 0 Å². The van der Waals surface area contributed by atoms with E-state index in [1.807, 2.05) is 7.05 Å². The van der Waals surface area contributed by atoms with Crippen LogP contribution in [0, 0.1) is 0 Å². The first-order chi connectivity index (χ1) is 7.66. The number of rotatable bonds is 5. The molecule has 2 N–H and O–H groups in total. The predicted molar refractivity (Wildman–Crippen MR) is 74.8 cm³/mol. The van der Waals surface area contributed by atoms with Crippen LogP contribution >= 0.6 is 0 Å². The second-order valence-corrected chi connectivity index (χ2v) is 11.7. The standard InChI is InChI=1S/C13H29NO2Si/c1-12(2,3)17(5,6)16-11-9-13(10-11,14-4)7-8-15/h11,14-15H,7-10H2,1-6H3. The maximum absolute atomic E-state index is 9.07. The highest BCUT2D eigenvalue weighted by Crippen LogP contribution is 2.43. The molecule has 4 heteroatoms. The topological polar surface area (TPSA) is 41.5 Å². The van der Waals surface area contributed by atoms with Crippen LogP contribution in [0.2, 0.25) is 18.1 Å². The van der Waals surface area contributed by atoms with Gasteiger partial charge in [0.15, 0.2) is 8.32 Å². The van der Waals surface area contributed by atoms with Crippen LogP contribution in [0.5, 0.6) is 0 Å². The van der Waals surface area contributed by atoms with E-state index in [1.165, 1.54) is 0 Å². The first-order valence-electron chi connectivity index (χ1n) is 6.63. The Morgan fingerprint density at radius 2 is 1.88 bits per heavy atom. The van der Waals surface area contributed by atoms with Crippen molar-refractivity contribution in [1.29, 1.82) is 0 Å². The summed E-state index contributed by atoms with van der Waals surface area (Å²) in [4.78, 5) is 0. The SMILES string of the molecule is CNC1(CCO)CC(O[Si](C)(C)C(C)(C)C)C1. The van der Waals surface area contributed by atoms with E-state index in [4.69, 9.17) is 9.53 Å². The second-order valence-electron chi connectivity index (χ2n) is 6.91. The molecule has 3 nitrogen and oxygen atoms in total. The zero-order valence-electron chi connectivity index (χ0n) is 12.3. The van der Waals surface area contributed by atoms with Gasteiger partial charge in [-0.2, -0.15) is 0 Å². The Kier molecular flexibility index (Phi) is 4.45. The quantitative estimate of drug-likeness (QED) is 0.746. The first kappa shape index (κ1) is 15.2. The number of aliphatic hydroxyl groups excluding tert-OH is 1. The minimum Gasteiger partial charge on any atom is -0.414 e. The van der Waals surface area contributed by atoms with Gasteiger partial charge in [-0.3, -0.25) is 0 Å². The maximum atomic E-state index is 9.07. The molecule has 1 rings (SSSR count). The molecule has 1 aliphatic carbocycles. The van der Waals surface area contributed by atoms with Gasteiger partial charge in [-0.1, -0.05) is 20.8 Å². The van der Waals surface area contributed by atoms with Gasteiger partial charge in [-0.05, 0) is 44.4 Å². The molecule has 0 radical (unpaired) electrons. The highest BCUT2D eigenvalue weighted by atomic mass is 28.4. The van der Waals surface area contributed by atoms with Crippen LogP contribution in [0.15, 0.2) is 0 Å². The van der Waals surface area contributed by atoms with Crippen molar-refractivity contribution < 1.29 is 9.53 Å². The van der Waals surface area contributed by atoms with E-state index in [0.717, 1.165) is 19.3 Å². The molecule has 17 heavy (non-hydrogen) atoms. The van der Waals surface area contributed by atoms with Crippen molar-refractivity contribution in [2.24, 2.45) is 0 Å². The minimum atomic E-state index is -1.63. The normalized spacial score (nSPS) is 30.2. The fraction of sp³-hybridized carbons (Fsp3) is 1.00. The van der Waals surface area contributed by atoms with E-state index in [-0.39, 0.29) is 17.2 Å². The Balaban J connectivity index is 2.49. The second kappa shape index (κ2) is 5.00. The Morgan fingerprint density at radius 3 is 2.24 bits per heavy atom. The zero-order chi connectivity index (χ0) is 13.3. The molecular weight excluding hydrogens is 230 g/mol. The predicted octanol–water partition coefficient (Wildman–Crippen LogP) is 2.51. The first-order valence-corrected chi connectivity index (χ1v) is 9.54. The summed E-state index contributed by atoms with van der Waals surface area (Å²) in [5.41, 5.74) is 0.127. The van der Waals surface area contributed by atoms with Crippen molar-refractivity contribution in [2.75, 3.05) is 13.7 Å². The molecule has 0 amide bonds. The van der Waals surface area contributed by atoms with Gasteiger partial charge >= 0.3 is 0 Å². The molecule has 0 spiro atoms. The van der Waals surface area contributed by atoms with Gasteiger partial charge in [-0.25, -0.2) is 0 Å². The number of hydrogen-bond acceptors (Lipinski definition) is 3. The lowest BCUT2D eigenvalue weighted by Gasteiger charge is -2.51. The van der Waals surface area contributed by atoms with Gasteiger partial charge in [-0.15, -0.1) is 0 Å². The van der Waals surface area contributed by atoms with Crippen molar-refractivity contribution in [3.8, 4) is 0 Å². The molecule has 0 aromatic heterocycles. The van der Waals surface area contributed by atoms with E-state index >= 15 is 0 Å². The lowest BCUT2D eigenvalue weighted by molar-refractivity contribution is 0.00199. The summed E-state index contributed by atoms with van der Waals surface area (Å²) in [5, 5.41) is 12.7. The summed E-state index contributed by atoms with van der Waals surface area (Å²) < 4.78 is 6.36. The van der Waals surface area contributed by atoms with Gasteiger partial charge in [0, 0.05) is 18.2 Å². The van der Waals surface area contributed by atoms with Crippen molar-refractivity contribution in [2.45, 2.75) is 69.8 Å². The van der Waals surface area contributed by atoms with E-state index in [1.54, 1.807) is 0 Å². The Bertz CT molecular complexity index is 255. The molecule has 0 saturated heterocycles. The number of aliphatic hydroxyl groups is 1. The molecule has 102 valence electrons. The van der Waals surface area contributed by atoms with Crippen LogP contribution in [0.3, 0.4) is 0 Å². The van der Waals surface area contributed by atoms with Crippen LogP contribution in [0.4, 0.5) is 0 Å². The van der Waals surface area contributed by atoms with E-state index in [0.29, 0.717) is 6.10 Å². The summed E-state index contributed by atoms with van der Waals surface area (Å²) >= 11 is 0. The highest BCUT2D eigenvalue weighted by Gasteiger charge is 2.47. The van der Waals surface area contributed by atoms with E-state index in [2.05, 4.69) is 39.2 Å². The highest BCUT2D eigenvalue weighted by molar-refractivity contribution is 6.74. The molecule has 0 unspecified atom stereocenters. The average molecular weight is 259 g/mol. The molecule has 0 heterocycles. The zero-order valence-corrected chi connectivity index (χ0v) is 13.3. The smallest absolute Gasteiger partial charge is 0.192 e. The number of hydrogen-bond donors (Lipinski definition) is 2. The van der Waals surface area contributed by atoms with Crippen LogP contribution in [0.25, 0.3) is 0 Å². The van der Waals surface area contributed by atoms with Gasteiger partial charge in [0.1, 0.15) is 0 Å². The van der Waals surface area contributed by atoms with Gasteiger partial charge in [0.25, 0.3) is 0 Å². The summed E-state index contributed by atoms with van der Waals surface area (Å²) in [5.74, 6) is 0. The molecule has 0 aromatic carbocycles. The van der Waals surface area contributed by atoms with Gasteiger partial charge in [0.2, 0.25) is 0 Å². The summed E-state index contributed by atoms with van der Waals surface area (Å²) in [6.07, 6.45) is 3.29. The lowest BCUT2D eigenvalue weighted by atomic mass is 9.72. The molecule has 0 atom stereocenters. The van der Waals surface area contributed by atoms with Crippen molar-refractivity contribution in [3.05, 3.63) is 0 Å². The Hall–Kier alpha value is 0.0969. The van der Waals surface area contributed by atoms with Crippen molar-refractivity contribution in [1.82, 2.24) is 5.32 Å².